The quantitative estimate of drug-likeness (QED) is 0.814. The fraction of sp³-hybridized carbons (Fsp3) is 0.143. The topological polar surface area (TPSA) is 90.8 Å². The number of nitrogens with zero attached hydrogens (tertiary/aromatic N) is 1. The minimum absolute atomic E-state index is 0.393. The Morgan fingerprint density at radius 2 is 2.06 bits per heavy atom. The molecule has 1 rings (SSSR count). The van der Waals surface area contributed by atoms with Gasteiger partial charge in [0.25, 0.3) is 21.0 Å². The predicted octanol–water partition coefficient (Wildman–Crippen LogP) is 1.11. The third-order valence-electron chi connectivity index (χ3n) is 1.64. The van der Waals surface area contributed by atoms with Gasteiger partial charge in [-0.25, -0.2) is 17.2 Å². The number of rotatable bonds is 2. The molecule has 0 saturated carbocycles. The van der Waals surface area contributed by atoms with E-state index in [1.165, 1.54) is 6.07 Å². The van der Waals surface area contributed by atoms with E-state index in [0.29, 0.717) is 6.07 Å². The van der Waals surface area contributed by atoms with Gasteiger partial charge in [0, 0.05) is 10.7 Å². The lowest BCUT2D eigenvalue weighted by molar-refractivity contribution is 0.149. The SMILES string of the molecule is N#Cc1[nH]c(=O)c(C(F)F)cc1S(=O)(=O)Cl. The fourth-order valence-corrected chi connectivity index (χ4v) is 1.94. The molecule has 1 N–H and O–H groups in total. The molecule has 0 spiro atoms. The molecule has 0 aliphatic heterocycles. The first-order chi connectivity index (χ1) is 7.27. The highest BCUT2D eigenvalue weighted by Gasteiger charge is 2.22. The Kier molecular flexibility index (Phi) is 3.30. The van der Waals surface area contributed by atoms with Crippen molar-refractivity contribution < 1.29 is 17.2 Å². The van der Waals surface area contributed by atoms with Crippen LogP contribution in [-0.2, 0) is 9.05 Å². The number of halogens is 3. The largest absolute Gasteiger partial charge is 0.312 e. The summed E-state index contributed by atoms with van der Waals surface area (Å²) in [5, 5.41) is 8.50. The van der Waals surface area contributed by atoms with Gasteiger partial charge >= 0.3 is 0 Å². The number of hydrogen-bond donors (Lipinski definition) is 1. The standard InChI is InChI=1S/C7H3ClF2N2O3S/c8-16(14,15)5-1-3(6(9)10)7(13)12-4(5)2-11/h1,6H,(H,12,13). The summed E-state index contributed by atoms with van der Waals surface area (Å²) in [5.41, 5.74) is -2.96. The van der Waals surface area contributed by atoms with Gasteiger partial charge in [-0.1, -0.05) is 0 Å². The lowest BCUT2D eigenvalue weighted by Gasteiger charge is -2.02. The zero-order valence-corrected chi connectivity index (χ0v) is 8.94. The molecule has 9 heteroatoms. The molecule has 0 atom stereocenters. The van der Waals surface area contributed by atoms with Crippen LogP contribution in [0.1, 0.15) is 17.7 Å². The van der Waals surface area contributed by atoms with Crippen LogP contribution >= 0.6 is 10.7 Å². The van der Waals surface area contributed by atoms with Gasteiger partial charge in [0.15, 0.2) is 0 Å². The molecule has 0 fully saturated rings. The lowest BCUT2D eigenvalue weighted by atomic mass is 10.2. The number of aromatic amines is 1. The van der Waals surface area contributed by atoms with Gasteiger partial charge in [0.1, 0.15) is 16.7 Å². The van der Waals surface area contributed by atoms with Crippen molar-refractivity contribution in [3.05, 3.63) is 27.7 Å². The number of nitrogens with one attached hydrogen (secondary N) is 1. The summed E-state index contributed by atoms with van der Waals surface area (Å²) in [6.07, 6.45) is -3.16. The molecular weight excluding hydrogens is 266 g/mol. The molecule has 16 heavy (non-hydrogen) atoms. The highest BCUT2D eigenvalue weighted by molar-refractivity contribution is 8.13. The van der Waals surface area contributed by atoms with Gasteiger partial charge in [0.2, 0.25) is 0 Å². The highest BCUT2D eigenvalue weighted by Crippen LogP contribution is 2.22. The fourth-order valence-electron chi connectivity index (χ4n) is 0.964. The molecule has 0 aliphatic carbocycles. The van der Waals surface area contributed by atoms with Crippen LogP contribution in [-0.4, -0.2) is 13.4 Å². The van der Waals surface area contributed by atoms with Crippen molar-refractivity contribution in [2.75, 3.05) is 0 Å². The van der Waals surface area contributed by atoms with Crippen LogP contribution in [0, 0.1) is 11.3 Å². The van der Waals surface area contributed by atoms with Gasteiger partial charge in [-0.05, 0) is 6.07 Å². The van der Waals surface area contributed by atoms with Crippen molar-refractivity contribution in [1.29, 1.82) is 5.26 Å². The molecule has 5 nitrogen and oxygen atoms in total. The summed E-state index contributed by atoms with van der Waals surface area (Å²) in [4.78, 5) is 11.9. The molecule has 0 aromatic carbocycles. The van der Waals surface area contributed by atoms with Gasteiger partial charge in [-0.3, -0.25) is 4.79 Å². The maximum Gasteiger partial charge on any atom is 0.269 e. The molecule has 0 saturated heterocycles. The van der Waals surface area contributed by atoms with Crippen molar-refractivity contribution in [1.82, 2.24) is 4.98 Å². The predicted molar refractivity (Wildman–Crippen MR) is 49.8 cm³/mol. The maximum atomic E-state index is 12.3. The average molecular weight is 269 g/mol. The maximum absolute atomic E-state index is 12.3. The van der Waals surface area contributed by atoms with E-state index in [9.17, 15) is 22.0 Å². The van der Waals surface area contributed by atoms with Crippen molar-refractivity contribution in [3.8, 4) is 6.07 Å². The number of hydrogen-bond acceptors (Lipinski definition) is 4. The van der Waals surface area contributed by atoms with Crippen molar-refractivity contribution in [2.24, 2.45) is 0 Å². The third kappa shape index (κ3) is 2.37. The summed E-state index contributed by atoms with van der Waals surface area (Å²) in [6, 6.07) is 1.74. The van der Waals surface area contributed by atoms with E-state index >= 15 is 0 Å². The number of aromatic nitrogens is 1. The summed E-state index contributed by atoms with van der Waals surface area (Å²) >= 11 is 0. The molecule has 86 valence electrons. The Labute approximate surface area is 92.7 Å². The normalized spacial score (nSPS) is 11.4. The van der Waals surface area contributed by atoms with Crippen LogP contribution in [0.15, 0.2) is 15.8 Å². The zero-order valence-electron chi connectivity index (χ0n) is 7.37. The Morgan fingerprint density at radius 3 is 2.44 bits per heavy atom. The van der Waals surface area contributed by atoms with Crippen molar-refractivity contribution >= 4 is 19.7 Å². The van der Waals surface area contributed by atoms with Crippen LogP contribution in [0.3, 0.4) is 0 Å². The van der Waals surface area contributed by atoms with Crippen LogP contribution in [0.5, 0.6) is 0 Å². The Balaban J connectivity index is 3.69. The van der Waals surface area contributed by atoms with Gasteiger partial charge in [-0.15, -0.1) is 0 Å². The van der Waals surface area contributed by atoms with Gasteiger partial charge in [0.05, 0.1) is 5.56 Å². The van der Waals surface area contributed by atoms with Crippen LogP contribution < -0.4 is 5.56 Å². The molecule has 0 radical (unpaired) electrons. The Bertz CT molecular complexity index is 617. The number of alkyl halides is 2. The summed E-state index contributed by atoms with van der Waals surface area (Å²) in [7, 11) is 0.554. The molecule has 0 amide bonds. The number of H-pyrrole nitrogens is 1. The molecule has 1 heterocycles. The average Bonchev–Trinajstić information content (AvgIpc) is 2.14. The van der Waals surface area contributed by atoms with E-state index in [1.807, 2.05) is 0 Å². The smallest absolute Gasteiger partial charge is 0.269 e. The van der Waals surface area contributed by atoms with Gasteiger partial charge in [-0.2, -0.15) is 5.26 Å². The number of pyridine rings is 1. The highest BCUT2D eigenvalue weighted by atomic mass is 35.7. The summed E-state index contributed by atoms with van der Waals surface area (Å²) in [6.45, 7) is 0. The Hall–Kier alpha value is -1.46. The van der Waals surface area contributed by atoms with Gasteiger partial charge < -0.3 is 4.98 Å². The van der Waals surface area contributed by atoms with E-state index in [4.69, 9.17) is 15.9 Å². The molecule has 0 aliphatic rings. The third-order valence-corrected chi connectivity index (χ3v) is 2.99. The first kappa shape index (κ1) is 12.6. The molecular formula is C7H3ClF2N2O3S. The minimum atomic E-state index is -4.37. The first-order valence-corrected chi connectivity index (χ1v) is 5.98. The lowest BCUT2D eigenvalue weighted by Crippen LogP contribution is -2.16. The van der Waals surface area contributed by atoms with E-state index in [2.05, 4.69) is 0 Å². The van der Waals surface area contributed by atoms with E-state index in [-0.39, 0.29) is 0 Å². The summed E-state index contributed by atoms with van der Waals surface area (Å²) in [5.74, 6) is 0. The molecule has 1 aromatic rings. The Morgan fingerprint density at radius 1 is 1.50 bits per heavy atom. The van der Waals surface area contributed by atoms with E-state index in [1.54, 1.807) is 4.98 Å². The minimum Gasteiger partial charge on any atom is -0.312 e. The zero-order chi connectivity index (χ0) is 12.5. The van der Waals surface area contributed by atoms with Crippen LogP contribution in [0.25, 0.3) is 0 Å². The number of nitriles is 1. The van der Waals surface area contributed by atoms with E-state index < -0.39 is 37.2 Å². The second-order valence-corrected chi connectivity index (χ2v) is 5.18. The molecule has 1 aromatic heterocycles. The first-order valence-electron chi connectivity index (χ1n) is 3.67. The van der Waals surface area contributed by atoms with Crippen LogP contribution in [0.4, 0.5) is 8.78 Å². The summed E-state index contributed by atoms with van der Waals surface area (Å²) < 4.78 is 46.5. The second-order valence-electron chi connectivity index (χ2n) is 2.64. The second kappa shape index (κ2) is 4.19. The monoisotopic (exact) mass is 268 g/mol. The molecule has 0 unspecified atom stereocenters. The van der Waals surface area contributed by atoms with Crippen molar-refractivity contribution in [3.63, 3.8) is 0 Å². The molecule has 0 bridgehead atoms. The van der Waals surface area contributed by atoms with Crippen molar-refractivity contribution in [2.45, 2.75) is 11.3 Å². The van der Waals surface area contributed by atoms with Crippen LogP contribution in [0.2, 0.25) is 0 Å². The van der Waals surface area contributed by atoms with E-state index in [0.717, 1.165) is 0 Å².